The predicted octanol–water partition coefficient (Wildman–Crippen LogP) is 4.88. The van der Waals surface area contributed by atoms with Crippen molar-refractivity contribution in [3.63, 3.8) is 0 Å². The molecule has 0 spiro atoms. The summed E-state index contributed by atoms with van der Waals surface area (Å²) in [6.45, 7) is 3.11. The molecule has 1 aromatic rings. The Morgan fingerprint density at radius 1 is 1.05 bits per heavy atom. The smallest absolute Gasteiger partial charge is 0.243 e. The van der Waals surface area contributed by atoms with Gasteiger partial charge >= 0.3 is 6.18 Å². The number of aromatic nitrogens is 3. The van der Waals surface area contributed by atoms with Gasteiger partial charge in [0.1, 0.15) is 5.69 Å². The van der Waals surface area contributed by atoms with E-state index in [1.807, 2.05) is 0 Å². The van der Waals surface area contributed by atoms with Crippen molar-refractivity contribution in [2.24, 2.45) is 0 Å². The highest BCUT2D eigenvalue weighted by Gasteiger charge is 2.55. The van der Waals surface area contributed by atoms with Crippen molar-refractivity contribution in [3.8, 4) is 0 Å². The number of rotatable bonds is 2. The number of hydrogen-bond acceptors (Lipinski definition) is 2. The molecular weight excluding hydrogens is 372 g/mol. The van der Waals surface area contributed by atoms with E-state index in [1.165, 1.54) is 0 Å². The number of nitrogens with zero attached hydrogens (tertiary/aromatic N) is 3. The summed E-state index contributed by atoms with van der Waals surface area (Å²) in [7, 11) is 0. The maximum absolute atomic E-state index is 12.9. The second-order valence-electron chi connectivity index (χ2n) is 3.89. The zero-order chi connectivity index (χ0) is 15.2. The van der Waals surface area contributed by atoms with Crippen LogP contribution in [0.25, 0.3) is 0 Å². The lowest BCUT2D eigenvalue weighted by molar-refractivity contribution is -0.142. The van der Waals surface area contributed by atoms with Gasteiger partial charge in [-0.05, 0) is 13.8 Å². The standard InChI is InChI=1S/C8H7Cl5F3N3/c1-3(2)19-5(6(9,10)8(11,12)13)4(17-18-19)7(14,15)16/h3H,1-2H3. The van der Waals surface area contributed by atoms with Gasteiger partial charge in [0.25, 0.3) is 0 Å². The monoisotopic (exact) mass is 377 g/mol. The molecule has 1 rings (SSSR count). The highest BCUT2D eigenvalue weighted by atomic mass is 35.6. The predicted molar refractivity (Wildman–Crippen MR) is 69.1 cm³/mol. The SMILES string of the molecule is CC(C)n1nnc(C(F)(F)F)c1C(Cl)(Cl)C(Cl)(Cl)Cl. The van der Waals surface area contributed by atoms with Crippen LogP contribution in [0.5, 0.6) is 0 Å². The maximum Gasteiger partial charge on any atom is 0.437 e. The molecule has 0 radical (unpaired) electrons. The fourth-order valence-corrected chi connectivity index (χ4v) is 1.89. The fraction of sp³-hybridized carbons (Fsp3) is 0.750. The number of alkyl halides is 8. The van der Waals surface area contributed by atoms with Crippen molar-refractivity contribution >= 4 is 58.0 Å². The maximum atomic E-state index is 12.9. The zero-order valence-electron chi connectivity index (χ0n) is 9.44. The third-order valence-electron chi connectivity index (χ3n) is 2.11. The topological polar surface area (TPSA) is 30.7 Å². The Balaban J connectivity index is 3.60. The molecule has 19 heavy (non-hydrogen) atoms. The van der Waals surface area contributed by atoms with Crippen molar-refractivity contribution in [2.75, 3.05) is 0 Å². The molecule has 0 aliphatic heterocycles. The molecule has 0 aliphatic carbocycles. The van der Waals surface area contributed by atoms with Crippen LogP contribution in [0.15, 0.2) is 0 Å². The van der Waals surface area contributed by atoms with E-state index in [-0.39, 0.29) is 0 Å². The van der Waals surface area contributed by atoms with E-state index < -0.39 is 31.7 Å². The molecule has 0 aromatic carbocycles. The van der Waals surface area contributed by atoms with Gasteiger partial charge in [-0.25, -0.2) is 4.68 Å². The first kappa shape index (κ1) is 17.4. The van der Waals surface area contributed by atoms with E-state index in [0.717, 1.165) is 4.68 Å². The molecule has 0 saturated carbocycles. The largest absolute Gasteiger partial charge is 0.437 e. The molecule has 0 bridgehead atoms. The lowest BCUT2D eigenvalue weighted by Gasteiger charge is -2.29. The van der Waals surface area contributed by atoms with Crippen molar-refractivity contribution in [1.82, 2.24) is 15.0 Å². The molecule has 110 valence electrons. The molecule has 1 heterocycles. The van der Waals surface area contributed by atoms with Crippen molar-refractivity contribution in [2.45, 2.75) is 34.2 Å². The van der Waals surface area contributed by atoms with Gasteiger partial charge in [0.2, 0.25) is 8.13 Å². The Morgan fingerprint density at radius 2 is 1.53 bits per heavy atom. The summed E-state index contributed by atoms with van der Waals surface area (Å²) < 4.78 is 34.6. The van der Waals surface area contributed by atoms with Gasteiger partial charge in [0.05, 0.1) is 0 Å². The number of halogens is 8. The molecule has 0 saturated heterocycles. The molecule has 0 amide bonds. The Bertz CT molecular complexity index is 463. The van der Waals surface area contributed by atoms with E-state index in [0.29, 0.717) is 0 Å². The third kappa shape index (κ3) is 3.35. The summed E-state index contributed by atoms with van der Waals surface area (Å²) in [6, 6.07) is -0.511. The summed E-state index contributed by atoms with van der Waals surface area (Å²) in [4.78, 5) is 0. The minimum absolute atomic E-state index is 0.511. The van der Waals surface area contributed by atoms with Gasteiger partial charge in [-0.2, -0.15) is 13.2 Å². The third-order valence-corrected chi connectivity index (χ3v) is 4.46. The first-order valence-electron chi connectivity index (χ1n) is 4.77. The average Bonchev–Trinajstić information content (AvgIpc) is 2.58. The highest BCUT2D eigenvalue weighted by molar-refractivity contribution is 6.75. The van der Waals surface area contributed by atoms with E-state index in [1.54, 1.807) is 13.8 Å². The van der Waals surface area contributed by atoms with Gasteiger partial charge in [-0.3, -0.25) is 0 Å². The van der Waals surface area contributed by atoms with Crippen LogP contribution in [0.3, 0.4) is 0 Å². The van der Waals surface area contributed by atoms with Gasteiger partial charge in [0.15, 0.2) is 5.69 Å². The molecule has 0 unspecified atom stereocenters. The highest BCUT2D eigenvalue weighted by Crippen LogP contribution is 2.55. The summed E-state index contributed by atoms with van der Waals surface area (Å²) in [5.74, 6) is 0. The summed E-state index contributed by atoms with van der Waals surface area (Å²) >= 11 is 28.3. The van der Waals surface area contributed by atoms with E-state index >= 15 is 0 Å². The Kier molecular flexibility index (Phi) is 4.86. The van der Waals surface area contributed by atoms with Crippen LogP contribution < -0.4 is 0 Å². The fourth-order valence-electron chi connectivity index (χ4n) is 1.27. The van der Waals surface area contributed by atoms with Crippen molar-refractivity contribution < 1.29 is 13.2 Å². The van der Waals surface area contributed by atoms with E-state index in [4.69, 9.17) is 58.0 Å². The molecular formula is C8H7Cl5F3N3. The molecule has 0 aliphatic rings. The first-order chi connectivity index (χ1) is 8.30. The second kappa shape index (κ2) is 5.30. The average molecular weight is 379 g/mol. The van der Waals surface area contributed by atoms with Gasteiger partial charge < -0.3 is 0 Å². The summed E-state index contributed by atoms with van der Waals surface area (Å²) in [5.41, 5.74) is -2.10. The van der Waals surface area contributed by atoms with E-state index in [9.17, 15) is 13.2 Å². The van der Waals surface area contributed by atoms with Gasteiger partial charge in [-0.1, -0.05) is 63.2 Å². The Morgan fingerprint density at radius 3 is 1.84 bits per heavy atom. The lowest BCUT2D eigenvalue weighted by atomic mass is 10.2. The summed E-state index contributed by atoms with van der Waals surface area (Å²) in [5, 5.41) is 6.40. The minimum atomic E-state index is -4.83. The van der Waals surface area contributed by atoms with Gasteiger partial charge in [0, 0.05) is 6.04 Å². The quantitative estimate of drug-likeness (QED) is 0.686. The molecule has 3 nitrogen and oxygen atoms in total. The molecule has 11 heteroatoms. The van der Waals surface area contributed by atoms with Crippen LogP contribution in [0, 0.1) is 0 Å². The molecule has 0 atom stereocenters. The van der Waals surface area contributed by atoms with Crippen LogP contribution in [0.4, 0.5) is 13.2 Å². The van der Waals surface area contributed by atoms with Crippen LogP contribution in [0.1, 0.15) is 31.3 Å². The molecule has 0 N–H and O–H groups in total. The molecule has 1 aromatic heterocycles. The van der Waals surface area contributed by atoms with Crippen LogP contribution >= 0.6 is 58.0 Å². The van der Waals surface area contributed by atoms with Crippen LogP contribution in [-0.2, 0) is 10.5 Å². The minimum Gasteiger partial charge on any atom is -0.243 e. The van der Waals surface area contributed by atoms with E-state index in [2.05, 4.69) is 10.3 Å². The Hall–Kier alpha value is 0.380. The summed E-state index contributed by atoms with van der Waals surface area (Å²) in [6.07, 6.45) is -4.83. The normalized spacial score (nSPS) is 14.3. The van der Waals surface area contributed by atoms with Crippen LogP contribution in [-0.4, -0.2) is 18.8 Å². The lowest BCUT2D eigenvalue weighted by Crippen LogP contribution is -2.34. The zero-order valence-corrected chi connectivity index (χ0v) is 13.2. The number of hydrogen-bond donors (Lipinski definition) is 0. The Labute approximate surface area is 131 Å². The second-order valence-corrected chi connectivity index (χ2v) is 7.50. The van der Waals surface area contributed by atoms with Crippen LogP contribution in [0.2, 0.25) is 0 Å². The first-order valence-corrected chi connectivity index (χ1v) is 6.66. The van der Waals surface area contributed by atoms with Crippen molar-refractivity contribution in [3.05, 3.63) is 11.4 Å². The van der Waals surface area contributed by atoms with Gasteiger partial charge in [-0.15, -0.1) is 5.10 Å². The molecule has 0 fully saturated rings. The van der Waals surface area contributed by atoms with Crippen molar-refractivity contribution in [1.29, 1.82) is 0 Å².